The van der Waals surface area contributed by atoms with Crippen molar-refractivity contribution >= 4 is 29.9 Å². The van der Waals surface area contributed by atoms with Crippen LogP contribution < -0.4 is 16.2 Å². The van der Waals surface area contributed by atoms with Crippen LogP contribution >= 0.6 is 24.0 Å². The number of aryl methyl sites for hydroxylation is 1. The number of nitrogens with one attached hydrogen (secondary N) is 2. The van der Waals surface area contributed by atoms with Gasteiger partial charge >= 0.3 is 0 Å². The van der Waals surface area contributed by atoms with Crippen molar-refractivity contribution in [2.75, 3.05) is 39.4 Å². The Labute approximate surface area is 214 Å². The third-order valence-corrected chi connectivity index (χ3v) is 5.74. The molecule has 2 aromatic rings. The molecule has 1 aromatic heterocycles. The van der Waals surface area contributed by atoms with Crippen LogP contribution in [0.3, 0.4) is 0 Å². The van der Waals surface area contributed by atoms with Crippen LogP contribution in [0.1, 0.15) is 36.6 Å². The van der Waals surface area contributed by atoms with Gasteiger partial charge < -0.3 is 19.9 Å². The Kier molecular flexibility index (Phi) is 12.5. The highest BCUT2D eigenvalue weighted by atomic mass is 127. The second kappa shape index (κ2) is 15.1. The number of nitrogens with zero attached hydrogens (tertiary/aromatic N) is 3. The molecule has 33 heavy (non-hydrogen) atoms. The van der Waals surface area contributed by atoms with Gasteiger partial charge in [-0.2, -0.15) is 0 Å². The van der Waals surface area contributed by atoms with Crippen molar-refractivity contribution in [3.63, 3.8) is 0 Å². The third kappa shape index (κ3) is 9.10. The molecule has 2 heterocycles. The van der Waals surface area contributed by atoms with Crippen molar-refractivity contribution in [1.82, 2.24) is 20.1 Å². The van der Waals surface area contributed by atoms with E-state index in [1.807, 2.05) is 23.6 Å². The molecule has 0 atom stereocenters. The van der Waals surface area contributed by atoms with E-state index in [1.54, 1.807) is 6.07 Å². The zero-order chi connectivity index (χ0) is 22.6. The number of aromatic nitrogens is 1. The van der Waals surface area contributed by atoms with Crippen LogP contribution in [0.2, 0.25) is 0 Å². The molecule has 0 amide bonds. The monoisotopic (exact) mass is 567 g/mol. The smallest absolute Gasteiger partial charge is 0.250 e. The van der Waals surface area contributed by atoms with E-state index in [1.165, 1.54) is 11.1 Å². The van der Waals surface area contributed by atoms with Crippen LogP contribution in [0, 0.1) is 6.92 Å². The average molecular weight is 568 g/mol. The zero-order valence-corrected chi connectivity index (χ0v) is 22.2. The van der Waals surface area contributed by atoms with Gasteiger partial charge in [0.05, 0.1) is 19.8 Å². The summed E-state index contributed by atoms with van der Waals surface area (Å²) in [6.45, 7) is 11.6. The van der Waals surface area contributed by atoms with Gasteiger partial charge in [-0.05, 0) is 43.9 Å². The molecule has 8 heteroatoms. The minimum Gasteiger partial charge on any atom is -0.379 e. The number of aliphatic imine (C=N–C) groups is 1. The number of ether oxygens (including phenoxy) is 1. The summed E-state index contributed by atoms with van der Waals surface area (Å²) >= 11 is 0. The maximum absolute atomic E-state index is 12.0. The fourth-order valence-electron chi connectivity index (χ4n) is 3.88. The SMILES string of the molecule is CCNC(=NCc1ccccc1CN1CCOCC1)NCCCCn1c(C)cccc1=O.I. The normalized spacial score (nSPS) is 14.5. The number of unbranched alkanes of at least 4 members (excludes halogenated alkanes) is 1. The second-order valence-electron chi connectivity index (χ2n) is 8.14. The second-order valence-corrected chi connectivity index (χ2v) is 8.14. The van der Waals surface area contributed by atoms with Crippen molar-refractivity contribution in [2.24, 2.45) is 4.99 Å². The maximum atomic E-state index is 12.0. The minimum atomic E-state index is 0. The molecule has 0 radical (unpaired) electrons. The Balaban J connectivity index is 0.00000385. The first-order valence-electron chi connectivity index (χ1n) is 11.7. The molecule has 0 unspecified atom stereocenters. The van der Waals surface area contributed by atoms with Gasteiger partial charge in [-0.3, -0.25) is 9.69 Å². The van der Waals surface area contributed by atoms with Gasteiger partial charge in [0, 0.05) is 51.0 Å². The fourth-order valence-corrected chi connectivity index (χ4v) is 3.88. The molecule has 1 aliphatic heterocycles. The summed E-state index contributed by atoms with van der Waals surface area (Å²) in [6, 6.07) is 14.0. The summed E-state index contributed by atoms with van der Waals surface area (Å²) in [5, 5.41) is 6.77. The molecular weight excluding hydrogens is 529 g/mol. The highest BCUT2D eigenvalue weighted by Crippen LogP contribution is 2.14. The Morgan fingerprint density at radius 1 is 1.03 bits per heavy atom. The lowest BCUT2D eigenvalue weighted by Crippen LogP contribution is -2.38. The first kappa shape index (κ1) is 27.3. The van der Waals surface area contributed by atoms with Gasteiger partial charge in [-0.1, -0.05) is 30.3 Å². The Bertz CT molecular complexity index is 925. The lowest BCUT2D eigenvalue weighted by Gasteiger charge is -2.27. The van der Waals surface area contributed by atoms with E-state index in [9.17, 15) is 4.79 Å². The quantitative estimate of drug-likeness (QED) is 0.200. The summed E-state index contributed by atoms with van der Waals surface area (Å²) in [4.78, 5) is 19.2. The summed E-state index contributed by atoms with van der Waals surface area (Å²) < 4.78 is 7.31. The lowest BCUT2D eigenvalue weighted by molar-refractivity contribution is 0.0341. The summed E-state index contributed by atoms with van der Waals surface area (Å²) in [7, 11) is 0. The third-order valence-electron chi connectivity index (χ3n) is 5.74. The first-order chi connectivity index (χ1) is 15.7. The molecule has 0 saturated carbocycles. The maximum Gasteiger partial charge on any atom is 0.250 e. The van der Waals surface area contributed by atoms with Crippen LogP contribution in [-0.4, -0.2) is 54.8 Å². The van der Waals surface area contributed by atoms with Crippen LogP contribution in [0.15, 0.2) is 52.3 Å². The number of hydrogen-bond acceptors (Lipinski definition) is 4. The number of morpholine rings is 1. The van der Waals surface area contributed by atoms with E-state index in [0.717, 1.165) is 77.0 Å². The zero-order valence-electron chi connectivity index (χ0n) is 19.9. The summed E-state index contributed by atoms with van der Waals surface area (Å²) in [6.07, 6.45) is 1.92. The van der Waals surface area contributed by atoms with E-state index in [-0.39, 0.29) is 29.5 Å². The fraction of sp³-hybridized carbons (Fsp3) is 0.520. The van der Waals surface area contributed by atoms with Gasteiger partial charge in [-0.15, -0.1) is 24.0 Å². The van der Waals surface area contributed by atoms with Gasteiger partial charge in [0.1, 0.15) is 0 Å². The number of guanidine groups is 1. The van der Waals surface area contributed by atoms with Crippen LogP contribution in [0.5, 0.6) is 0 Å². The van der Waals surface area contributed by atoms with E-state index < -0.39 is 0 Å². The van der Waals surface area contributed by atoms with Gasteiger partial charge in [0.25, 0.3) is 5.56 Å². The first-order valence-corrected chi connectivity index (χ1v) is 11.7. The standard InChI is InChI=1S/C25H37N5O2.HI/c1-3-26-25(27-13-6-7-14-30-21(2)9-8-12-24(30)31)28-19-22-10-4-5-11-23(22)20-29-15-17-32-18-16-29;/h4-5,8-12H,3,6-7,13-20H2,1-2H3,(H2,26,27,28);1H. The minimum absolute atomic E-state index is 0. The highest BCUT2D eigenvalue weighted by molar-refractivity contribution is 14.0. The molecular formula is C25H38IN5O2. The molecule has 0 aliphatic carbocycles. The number of hydrogen-bond donors (Lipinski definition) is 2. The van der Waals surface area contributed by atoms with E-state index >= 15 is 0 Å². The molecule has 0 bridgehead atoms. The molecule has 0 spiro atoms. The average Bonchev–Trinajstić information content (AvgIpc) is 2.80. The lowest BCUT2D eigenvalue weighted by atomic mass is 10.1. The Hall–Kier alpha value is -1.91. The van der Waals surface area contributed by atoms with Gasteiger partial charge in [0.2, 0.25) is 0 Å². The van der Waals surface area contributed by atoms with Gasteiger partial charge in [-0.25, -0.2) is 4.99 Å². The van der Waals surface area contributed by atoms with Crippen molar-refractivity contribution < 1.29 is 4.74 Å². The Morgan fingerprint density at radius 3 is 2.52 bits per heavy atom. The number of halogens is 1. The van der Waals surface area contributed by atoms with Crippen molar-refractivity contribution in [2.45, 2.75) is 46.3 Å². The summed E-state index contributed by atoms with van der Waals surface area (Å²) in [5.74, 6) is 0.835. The molecule has 1 fully saturated rings. The summed E-state index contributed by atoms with van der Waals surface area (Å²) in [5.41, 5.74) is 3.67. The molecule has 1 aromatic carbocycles. The van der Waals surface area contributed by atoms with Crippen LogP contribution in [0.4, 0.5) is 0 Å². The van der Waals surface area contributed by atoms with Crippen LogP contribution in [-0.2, 0) is 24.4 Å². The molecule has 182 valence electrons. The van der Waals surface area contributed by atoms with Crippen molar-refractivity contribution in [3.8, 4) is 0 Å². The topological polar surface area (TPSA) is 70.9 Å². The number of pyridine rings is 1. The van der Waals surface area contributed by atoms with Crippen molar-refractivity contribution in [3.05, 3.63) is 69.6 Å². The predicted molar refractivity (Wildman–Crippen MR) is 145 cm³/mol. The van der Waals surface area contributed by atoms with E-state index in [4.69, 9.17) is 9.73 Å². The van der Waals surface area contributed by atoms with Crippen molar-refractivity contribution in [1.29, 1.82) is 0 Å². The molecule has 1 saturated heterocycles. The highest BCUT2D eigenvalue weighted by Gasteiger charge is 2.12. The molecule has 3 rings (SSSR count). The Morgan fingerprint density at radius 2 is 1.79 bits per heavy atom. The van der Waals surface area contributed by atoms with E-state index in [2.05, 4.69) is 46.7 Å². The number of rotatable bonds is 10. The van der Waals surface area contributed by atoms with E-state index in [0.29, 0.717) is 6.54 Å². The van der Waals surface area contributed by atoms with Crippen LogP contribution in [0.25, 0.3) is 0 Å². The number of benzene rings is 1. The predicted octanol–water partition coefficient (Wildman–Crippen LogP) is 3.14. The molecule has 7 nitrogen and oxygen atoms in total. The molecule has 1 aliphatic rings. The largest absolute Gasteiger partial charge is 0.379 e. The molecule has 2 N–H and O–H groups in total. The van der Waals surface area contributed by atoms with Gasteiger partial charge in [0.15, 0.2) is 5.96 Å².